The molecule has 2 N–H and O–H groups in total. The summed E-state index contributed by atoms with van der Waals surface area (Å²) in [4.78, 5) is 25.5. The molecule has 0 aliphatic rings. The van der Waals surface area contributed by atoms with Gasteiger partial charge in [0, 0.05) is 18.8 Å². The molecule has 1 unspecified atom stereocenters. The lowest BCUT2D eigenvalue weighted by Crippen LogP contribution is -2.34. The first kappa shape index (κ1) is 19.3. The van der Waals surface area contributed by atoms with Crippen LogP contribution in [0, 0.1) is 0 Å². The summed E-state index contributed by atoms with van der Waals surface area (Å²) in [5.41, 5.74) is 0.849. The SMILES string of the molecule is CCN(CC)C(=O)Nc1ccc(OCC(O)CCl)c(C(C)=O)c1. The smallest absolute Gasteiger partial charge is 0.321 e. The van der Waals surface area contributed by atoms with Gasteiger partial charge in [0.2, 0.25) is 0 Å². The lowest BCUT2D eigenvalue weighted by atomic mass is 10.1. The fraction of sp³-hybridized carbons (Fsp3) is 0.500. The third-order valence-corrected chi connectivity index (χ3v) is 3.63. The number of urea groups is 1. The summed E-state index contributed by atoms with van der Waals surface area (Å²) in [5, 5.41) is 12.2. The van der Waals surface area contributed by atoms with E-state index in [1.807, 2.05) is 13.8 Å². The number of carbonyl (C=O) groups excluding carboxylic acids is 2. The average molecular weight is 343 g/mol. The number of rotatable bonds is 8. The largest absolute Gasteiger partial charge is 0.490 e. The van der Waals surface area contributed by atoms with Crippen LogP contribution in [-0.2, 0) is 0 Å². The molecule has 0 saturated carbocycles. The molecular weight excluding hydrogens is 320 g/mol. The third-order valence-electron chi connectivity index (χ3n) is 3.27. The van der Waals surface area contributed by atoms with E-state index in [0.717, 1.165) is 0 Å². The van der Waals surface area contributed by atoms with Crippen molar-refractivity contribution in [2.24, 2.45) is 0 Å². The van der Waals surface area contributed by atoms with E-state index in [9.17, 15) is 14.7 Å². The number of ketones is 1. The molecule has 7 heteroatoms. The summed E-state index contributed by atoms with van der Waals surface area (Å²) in [7, 11) is 0. The Morgan fingerprint density at radius 2 is 2.00 bits per heavy atom. The van der Waals surface area contributed by atoms with Crippen molar-refractivity contribution < 1.29 is 19.4 Å². The maximum Gasteiger partial charge on any atom is 0.321 e. The fourth-order valence-corrected chi connectivity index (χ4v) is 2.04. The zero-order valence-corrected chi connectivity index (χ0v) is 14.4. The van der Waals surface area contributed by atoms with E-state index in [0.29, 0.717) is 30.1 Å². The molecule has 0 spiro atoms. The molecule has 1 aromatic rings. The molecule has 0 radical (unpaired) electrons. The van der Waals surface area contributed by atoms with Crippen molar-refractivity contribution in [1.29, 1.82) is 0 Å². The number of halogens is 1. The van der Waals surface area contributed by atoms with E-state index in [2.05, 4.69) is 5.32 Å². The van der Waals surface area contributed by atoms with Gasteiger partial charge in [-0.3, -0.25) is 4.79 Å². The first-order chi connectivity index (χ1) is 10.9. The quantitative estimate of drug-likeness (QED) is 0.562. The van der Waals surface area contributed by atoms with Gasteiger partial charge in [-0.1, -0.05) is 0 Å². The molecule has 0 aromatic heterocycles. The molecule has 1 rings (SSSR count). The number of ether oxygens (including phenoxy) is 1. The molecule has 0 bridgehead atoms. The minimum absolute atomic E-state index is 0.00503. The van der Waals surface area contributed by atoms with Crippen LogP contribution in [0.5, 0.6) is 5.75 Å². The zero-order valence-electron chi connectivity index (χ0n) is 13.6. The number of aliphatic hydroxyl groups is 1. The van der Waals surface area contributed by atoms with Gasteiger partial charge in [0.1, 0.15) is 18.5 Å². The summed E-state index contributed by atoms with van der Waals surface area (Å²) in [6.45, 7) is 6.39. The molecule has 0 heterocycles. The molecular formula is C16H23ClN2O4. The van der Waals surface area contributed by atoms with Crippen molar-refractivity contribution in [3.63, 3.8) is 0 Å². The third kappa shape index (κ3) is 5.73. The predicted molar refractivity (Wildman–Crippen MR) is 90.6 cm³/mol. The Morgan fingerprint density at radius 1 is 1.35 bits per heavy atom. The molecule has 0 fully saturated rings. The van der Waals surface area contributed by atoms with Crippen LogP contribution in [-0.4, -0.2) is 53.5 Å². The van der Waals surface area contributed by atoms with E-state index in [4.69, 9.17) is 16.3 Å². The van der Waals surface area contributed by atoms with Gasteiger partial charge in [-0.25, -0.2) is 4.79 Å². The van der Waals surface area contributed by atoms with Gasteiger partial charge in [-0.2, -0.15) is 0 Å². The summed E-state index contributed by atoms with van der Waals surface area (Å²) < 4.78 is 5.42. The molecule has 1 atom stereocenters. The van der Waals surface area contributed by atoms with Crippen molar-refractivity contribution in [3.05, 3.63) is 23.8 Å². The number of nitrogens with zero attached hydrogens (tertiary/aromatic N) is 1. The molecule has 1 aromatic carbocycles. The van der Waals surface area contributed by atoms with Crippen molar-refractivity contribution in [3.8, 4) is 5.75 Å². The number of Topliss-reactive ketones (excluding diaryl/α,β-unsaturated/α-hetero) is 1. The molecule has 6 nitrogen and oxygen atoms in total. The van der Waals surface area contributed by atoms with Gasteiger partial charge in [-0.15, -0.1) is 11.6 Å². The minimum atomic E-state index is -0.807. The number of benzene rings is 1. The van der Waals surface area contributed by atoms with Crippen LogP contribution < -0.4 is 10.1 Å². The minimum Gasteiger partial charge on any atom is -0.490 e. The van der Waals surface area contributed by atoms with Gasteiger partial charge in [0.05, 0.1) is 11.4 Å². The highest BCUT2D eigenvalue weighted by Crippen LogP contribution is 2.24. The maximum absolute atomic E-state index is 12.0. The Labute approximate surface area is 141 Å². The van der Waals surface area contributed by atoms with Crippen LogP contribution in [0.1, 0.15) is 31.1 Å². The van der Waals surface area contributed by atoms with Crippen LogP contribution in [0.15, 0.2) is 18.2 Å². The number of hydrogen-bond acceptors (Lipinski definition) is 4. The summed E-state index contributed by atoms with van der Waals surface area (Å²) in [6, 6.07) is 4.58. The highest BCUT2D eigenvalue weighted by molar-refractivity contribution is 6.18. The van der Waals surface area contributed by atoms with E-state index in [1.165, 1.54) is 6.92 Å². The van der Waals surface area contributed by atoms with Gasteiger partial charge in [-0.05, 0) is 39.0 Å². The number of anilines is 1. The van der Waals surface area contributed by atoms with Crippen LogP contribution in [0.3, 0.4) is 0 Å². The molecule has 0 saturated heterocycles. The van der Waals surface area contributed by atoms with Crippen LogP contribution in [0.4, 0.5) is 10.5 Å². The van der Waals surface area contributed by atoms with Gasteiger partial charge in [0.25, 0.3) is 0 Å². The molecule has 128 valence electrons. The molecule has 23 heavy (non-hydrogen) atoms. The standard InChI is InChI=1S/C16H23ClN2O4/c1-4-19(5-2)16(22)18-12-6-7-15(14(8-12)11(3)20)23-10-13(21)9-17/h6-8,13,21H,4-5,9-10H2,1-3H3,(H,18,22). The summed E-state index contributed by atoms with van der Waals surface area (Å²) in [5.74, 6) is 0.203. The molecule has 0 aliphatic carbocycles. The Kier molecular flexibility index (Phi) is 7.85. The Bertz CT molecular complexity index is 547. The number of aliphatic hydroxyl groups excluding tert-OH is 1. The van der Waals surface area contributed by atoms with E-state index < -0.39 is 6.10 Å². The van der Waals surface area contributed by atoms with Crippen molar-refractivity contribution in [1.82, 2.24) is 4.90 Å². The first-order valence-electron chi connectivity index (χ1n) is 7.50. The fourth-order valence-electron chi connectivity index (χ4n) is 1.95. The van der Waals surface area contributed by atoms with Crippen molar-refractivity contribution >= 4 is 29.1 Å². The van der Waals surface area contributed by atoms with Crippen molar-refractivity contribution in [2.75, 3.05) is 30.9 Å². The second-order valence-corrected chi connectivity index (χ2v) is 5.30. The highest BCUT2D eigenvalue weighted by atomic mass is 35.5. The van der Waals surface area contributed by atoms with Gasteiger partial charge >= 0.3 is 6.03 Å². The van der Waals surface area contributed by atoms with E-state index in [-0.39, 0.29) is 24.3 Å². The second-order valence-electron chi connectivity index (χ2n) is 4.99. The number of alkyl halides is 1. The van der Waals surface area contributed by atoms with Crippen LogP contribution in [0.2, 0.25) is 0 Å². The molecule has 0 aliphatic heterocycles. The van der Waals surface area contributed by atoms with Gasteiger partial charge < -0.3 is 20.1 Å². The lowest BCUT2D eigenvalue weighted by Gasteiger charge is -2.20. The Balaban J connectivity index is 2.90. The van der Waals surface area contributed by atoms with E-state index in [1.54, 1.807) is 23.1 Å². The second kappa shape index (κ2) is 9.37. The van der Waals surface area contributed by atoms with Crippen LogP contribution >= 0.6 is 11.6 Å². The predicted octanol–water partition coefficient (Wildman–Crippen LogP) is 2.74. The average Bonchev–Trinajstić information content (AvgIpc) is 2.54. The lowest BCUT2D eigenvalue weighted by molar-refractivity contribution is 0.0997. The Hall–Kier alpha value is -1.79. The topological polar surface area (TPSA) is 78.9 Å². The number of hydrogen-bond donors (Lipinski definition) is 2. The van der Waals surface area contributed by atoms with E-state index >= 15 is 0 Å². The zero-order chi connectivity index (χ0) is 17.4. The number of nitrogens with one attached hydrogen (secondary N) is 1. The summed E-state index contributed by atoms with van der Waals surface area (Å²) in [6.07, 6.45) is -0.807. The number of carbonyl (C=O) groups is 2. The molecule has 2 amide bonds. The van der Waals surface area contributed by atoms with Gasteiger partial charge in [0.15, 0.2) is 5.78 Å². The Morgan fingerprint density at radius 3 is 2.52 bits per heavy atom. The highest BCUT2D eigenvalue weighted by Gasteiger charge is 2.14. The first-order valence-corrected chi connectivity index (χ1v) is 8.04. The van der Waals surface area contributed by atoms with Crippen LogP contribution in [0.25, 0.3) is 0 Å². The number of amides is 2. The maximum atomic E-state index is 12.0. The van der Waals surface area contributed by atoms with Crippen molar-refractivity contribution in [2.45, 2.75) is 26.9 Å². The summed E-state index contributed by atoms with van der Waals surface area (Å²) >= 11 is 5.51. The monoisotopic (exact) mass is 342 g/mol. The normalized spacial score (nSPS) is 11.7.